The highest BCUT2D eigenvalue weighted by Gasteiger charge is 2.09. The van der Waals surface area contributed by atoms with E-state index in [1.54, 1.807) is 0 Å². The Morgan fingerprint density at radius 1 is 1.14 bits per heavy atom. The summed E-state index contributed by atoms with van der Waals surface area (Å²) in [5.74, 6) is 0.797. The fraction of sp³-hybridized carbons (Fsp3) is 0.167. The van der Waals surface area contributed by atoms with Gasteiger partial charge in [0, 0.05) is 29.2 Å². The second kappa shape index (κ2) is 5.83. The quantitative estimate of drug-likeness (QED) is 0.663. The van der Waals surface area contributed by atoms with Gasteiger partial charge in [0.15, 0.2) is 6.29 Å². The standard InChI is InChI=1S/C18H17NO2/c1-2-21-16-8-9-18-17(10-16)15(13-20)12-19(18)11-14-6-4-3-5-7-14/h3-10,12-13H,2,11H2,1H3. The largest absolute Gasteiger partial charge is 0.494 e. The van der Waals surface area contributed by atoms with Crippen LogP contribution in [0.2, 0.25) is 0 Å². The number of benzene rings is 2. The minimum absolute atomic E-state index is 0.618. The summed E-state index contributed by atoms with van der Waals surface area (Å²) in [6, 6.07) is 16.1. The summed E-state index contributed by atoms with van der Waals surface area (Å²) in [5.41, 5.74) is 2.95. The van der Waals surface area contributed by atoms with Gasteiger partial charge in [-0.25, -0.2) is 0 Å². The lowest BCUT2D eigenvalue weighted by Crippen LogP contribution is -1.97. The van der Waals surface area contributed by atoms with E-state index in [2.05, 4.69) is 16.7 Å². The molecule has 3 aromatic rings. The highest BCUT2D eigenvalue weighted by atomic mass is 16.5. The van der Waals surface area contributed by atoms with Crippen LogP contribution in [0.3, 0.4) is 0 Å². The van der Waals surface area contributed by atoms with E-state index < -0.39 is 0 Å². The van der Waals surface area contributed by atoms with Crippen molar-refractivity contribution in [1.29, 1.82) is 0 Å². The summed E-state index contributed by atoms with van der Waals surface area (Å²) in [5, 5.41) is 0.937. The van der Waals surface area contributed by atoms with Crippen LogP contribution in [0, 0.1) is 0 Å². The van der Waals surface area contributed by atoms with Crippen LogP contribution in [0.15, 0.2) is 54.7 Å². The molecule has 0 aliphatic carbocycles. The third-order valence-electron chi connectivity index (χ3n) is 3.52. The van der Waals surface area contributed by atoms with E-state index in [1.807, 2.05) is 49.5 Å². The first-order chi connectivity index (χ1) is 10.3. The summed E-state index contributed by atoms with van der Waals surface area (Å²) in [6.07, 6.45) is 2.81. The maximum absolute atomic E-state index is 11.3. The van der Waals surface area contributed by atoms with E-state index in [1.165, 1.54) is 5.56 Å². The molecule has 3 heteroatoms. The fourth-order valence-corrected chi connectivity index (χ4v) is 2.57. The molecule has 0 atom stereocenters. The van der Waals surface area contributed by atoms with Crippen LogP contribution < -0.4 is 4.74 Å². The van der Waals surface area contributed by atoms with Crippen molar-refractivity contribution in [2.45, 2.75) is 13.5 Å². The van der Waals surface area contributed by atoms with E-state index in [-0.39, 0.29) is 0 Å². The number of aldehydes is 1. The molecule has 1 heterocycles. The topological polar surface area (TPSA) is 31.2 Å². The normalized spacial score (nSPS) is 10.7. The first kappa shape index (κ1) is 13.4. The summed E-state index contributed by atoms with van der Waals surface area (Å²) >= 11 is 0. The SMILES string of the molecule is CCOc1ccc2c(c1)c(C=O)cn2Cc1ccccc1. The lowest BCUT2D eigenvalue weighted by molar-refractivity contribution is 0.112. The predicted molar refractivity (Wildman–Crippen MR) is 84.0 cm³/mol. The minimum atomic E-state index is 0.618. The highest BCUT2D eigenvalue weighted by Crippen LogP contribution is 2.26. The molecule has 0 unspecified atom stereocenters. The predicted octanol–water partition coefficient (Wildman–Crippen LogP) is 3.90. The van der Waals surface area contributed by atoms with Gasteiger partial charge >= 0.3 is 0 Å². The minimum Gasteiger partial charge on any atom is -0.494 e. The van der Waals surface area contributed by atoms with Crippen LogP contribution in [-0.4, -0.2) is 17.5 Å². The van der Waals surface area contributed by atoms with Crippen LogP contribution in [0.1, 0.15) is 22.8 Å². The molecule has 1 aromatic heterocycles. The van der Waals surface area contributed by atoms with Gasteiger partial charge in [-0.1, -0.05) is 30.3 Å². The summed E-state index contributed by atoms with van der Waals surface area (Å²) < 4.78 is 7.62. The zero-order valence-corrected chi connectivity index (χ0v) is 12.0. The number of rotatable bonds is 5. The molecule has 0 N–H and O–H groups in total. The van der Waals surface area contributed by atoms with Crippen LogP contribution in [0.25, 0.3) is 10.9 Å². The molecule has 3 nitrogen and oxygen atoms in total. The molecular weight excluding hydrogens is 262 g/mol. The Bertz CT molecular complexity index is 759. The van der Waals surface area contributed by atoms with Crippen molar-refractivity contribution >= 4 is 17.2 Å². The van der Waals surface area contributed by atoms with E-state index in [4.69, 9.17) is 4.74 Å². The van der Waals surface area contributed by atoms with Crippen molar-refractivity contribution < 1.29 is 9.53 Å². The number of carbonyl (C=O) groups excluding carboxylic acids is 1. The molecule has 0 aliphatic rings. The molecule has 0 radical (unpaired) electrons. The van der Waals surface area contributed by atoms with Gasteiger partial charge < -0.3 is 9.30 Å². The maximum Gasteiger partial charge on any atom is 0.152 e. The van der Waals surface area contributed by atoms with Crippen molar-refractivity contribution in [2.24, 2.45) is 0 Å². The second-order valence-corrected chi connectivity index (χ2v) is 4.93. The van der Waals surface area contributed by atoms with Gasteiger partial charge in [-0.2, -0.15) is 0 Å². The maximum atomic E-state index is 11.3. The van der Waals surface area contributed by atoms with Gasteiger partial charge in [0.25, 0.3) is 0 Å². The zero-order valence-electron chi connectivity index (χ0n) is 12.0. The number of nitrogens with zero attached hydrogens (tertiary/aromatic N) is 1. The Balaban J connectivity index is 2.05. The molecule has 21 heavy (non-hydrogen) atoms. The number of ether oxygens (including phenoxy) is 1. The Kier molecular flexibility index (Phi) is 3.73. The Labute approximate surface area is 123 Å². The molecule has 3 rings (SSSR count). The first-order valence-corrected chi connectivity index (χ1v) is 7.06. The summed E-state index contributed by atoms with van der Waals surface area (Å²) in [6.45, 7) is 3.32. The molecule has 0 saturated heterocycles. The van der Waals surface area contributed by atoms with Gasteiger partial charge in [0.1, 0.15) is 5.75 Å². The van der Waals surface area contributed by atoms with Gasteiger partial charge in [-0.05, 0) is 30.7 Å². The van der Waals surface area contributed by atoms with E-state index in [0.29, 0.717) is 12.2 Å². The van der Waals surface area contributed by atoms with Crippen LogP contribution in [0.4, 0.5) is 0 Å². The van der Waals surface area contributed by atoms with E-state index >= 15 is 0 Å². The third-order valence-corrected chi connectivity index (χ3v) is 3.52. The number of fused-ring (bicyclic) bond motifs is 1. The van der Waals surface area contributed by atoms with E-state index in [9.17, 15) is 4.79 Å². The van der Waals surface area contributed by atoms with Gasteiger partial charge in [0.2, 0.25) is 0 Å². The first-order valence-electron chi connectivity index (χ1n) is 7.06. The summed E-state index contributed by atoms with van der Waals surface area (Å²) in [7, 11) is 0. The third kappa shape index (κ3) is 2.68. The number of hydrogen-bond acceptors (Lipinski definition) is 2. The zero-order chi connectivity index (χ0) is 14.7. The molecule has 0 saturated carbocycles. The van der Waals surface area contributed by atoms with Crippen LogP contribution in [0.5, 0.6) is 5.75 Å². The molecule has 0 fully saturated rings. The smallest absolute Gasteiger partial charge is 0.152 e. The lowest BCUT2D eigenvalue weighted by Gasteiger charge is -2.07. The average molecular weight is 279 g/mol. The molecular formula is C18H17NO2. The summed E-state index contributed by atoms with van der Waals surface area (Å²) in [4.78, 5) is 11.3. The van der Waals surface area contributed by atoms with Crippen LogP contribution in [-0.2, 0) is 6.54 Å². The van der Waals surface area contributed by atoms with E-state index in [0.717, 1.165) is 29.5 Å². The van der Waals surface area contributed by atoms with Gasteiger partial charge in [0.05, 0.1) is 6.61 Å². The molecule has 106 valence electrons. The monoisotopic (exact) mass is 279 g/mol. The second-order valence-electron chi connectivity index (χ2n) is 4.93. The Morgan fingerprint density at radius 2 is 1.95 bits per heavy atom. The van der Waals surface area contributed by atoms with Crippen LogP contribution >= 0.6 is 0 Å². The average Bonchev–Trinajstić information content (AvgIpc) is 2.86. The molecule has 0 bridgehead atoms. The van der Waals surface area contributed by atoms with Crippen molar-refractivity contribution in [3.63, 3.8) is 0 Å². The molecule has 0 spiro atoms. The van der Waals surface area contributed by atoms with Crippen molar-refractivity contribution in [3.05, 3.63) is 65.9 Å². The highest BCUT2D eigenvalue weighted by molar-refractivity contribution is 5.98. The lowest BCUT2D eigenvalue weighted by atomic mass is 10.2. The van der Waals surface area contributed by atoms with Crippen molar-refractivity contribution in [3.8, 4) is 5.75 Å². The molecule has 2 aromatic carbocycles. The molecule has 0 aliphatic heterocycles. The van der Waals surface area contributed by atoms with Crippen molar-refractivity contribution in [1.82, 2.24) is 4.57 Å². The number of hydrogen-bond donors (Lipinski definition) is 0. The Morgan fingerprint density at radius 3 is 2.67 bits per heavy atom. The number of aromatic nitrogens is 1. The fourth-order valence-electron chi connectivity index (χ4n) is 2.57. The molecule has 0 amide bonds. The van der Waals surface area contributed by atoms with Gasteiger partial charge in [-0.3, -0.25) is 4.79 Å². The Hall–Kier alpha value is -2.55. The van der Waals surface area contributed by atoms with Gasteiger partial charge in [-0.15, -0.1) is 0 Å². The number of carbonyl (C=O) groups is 1. The van der Waals surface area contributed by atoms with Crippen molar-refractivity contribution in [2.75, 3.05) is 6.61 Å².